The molecule has 1 aromatic rings. The van der Waals surface area contributed by atoms with E-state index in [4.69, 9.17) is 4.74 Å². The van der Waals surface area contributed by atoms with Gasteiger partial charge in [0.1, 0.15) is 0 Å². The maximum atomic E-state index is 12.8. The monoisotopic (exact) mass is 328 g/mol. The van der Waals surface area contributed by atoms with Crippen molar-refractivity contribution >= 4 is 11.8 Å². The second-order valence-electron chi connectivity index (χ2n) is 6.39. The van der Waals surface area contributed by atoms with Gasteiger partial charge in [-0.1, -0.05) is 49.3 Å². The number of esters is 1. The van der Waals surface area contributed by atoms with E-state index in [9.17, 15) is 9.59 Å². The fourth-order valence-electron chi connectivity index (χ4n) is 3.18. The number of benzene rings is 1. The Morgan fingerprint density at radius 3 is 2.75 bits per heavy atom. The summed E-state index contributed by atoms with van der Waals surface area (Å²) in [6, 6.07) is 7.82. The summed E-state index contributed by atoms with van der Waals surface area (Å²) in [6.45, 7) is 2.15. The van der Waals surface area contributed by atoms with Crippen LogP contribution < -0.4 is 0 Å². The Bertz CT molecular complexity index is 574. The van der Waals surface area contributed by atoms with E-state index in [1.165, 1.54) is 19.3 Å². The minimum atomic E-state index is -0.385. The smallest absolute Gasteiger partial charge is 0.309 e. The fraction of sp³-hybridized carbons (Fsp3) is 0.524. The predicted molar refractivity (Wildman–Crippen MR) is 96.1 cm³/mol. The third-order valence-electron chi connectivity index (χ3n) is 4.52. The number of aryl methyl sites for hydroxylation is 1. The van der Waals surface area contributed by atoms with Crippen LogP contribution in [0.25, 0.3) is 0 Å². The molecule has 0 spiro atoms. The first-order valence-electron chi connectivity index (χ1n) is 9.15. The summed E-state index contributed by atoms with van der Waals surface area (Å²) in [7, 11) is 0. The predicted octanol–water partition coefficient (Wildman–Crippen LogP) is 4.89. The summed E-state index contributed by atoms with van der Waals surface area (Å²) in [5.74, 6) is -0.598. The number of ketones is 1. The van der Waals surface area contributed by atoms with Gasteiger partial charge in [0.15, 0.2) is 5.78 Å². The standard InChI is InChI=1S/C21H28O3/c1-2-24-21(23)18-14-9-7-5-3-4-6-8-12-17-13-10-11-15-19(17)20(22)16-18/h7,9-11,13,15,18H,2-6,8,12,14,16H2,1H3/t18-/m1/s1. The molecule has 0 radical (unpaired) electrons. The Hall–Kier alpha value is -1.90. The zero-order valence-electron chi connectivity index (χ0n) is 14.6. The van der Waals surface area contributed by atoms with Crippen LogP contribution in [-0.2, 0) is 16.0 Å². The number of rotatable bonds is 2. The van der Waals surface area contributed by atoms with Gasteiger partial charge < -0.3 is 4.74 Å². The molecule has 130 valence electrons. The van der Waals surface area contributed by atoms with Crippen molar-refractivity contribution in [2.24, 2.45) is 5.92 Å². The van der Waals surface area contributed by atoms with Gasteiger partial charge in [0.2, 0.25) is 0 Å². The summed E-state index contributed by atoms with van der Waals surface area (Å²) in [5.41, 5.74) is 1.88. The van der Waals surface area contributed by atoms with Crippen molar-refractivity contribution in [2.45, 2.75) is 58.3 Å². The van der Waals surface area contributed by atoms with Crippen molar-refractivity contribution in [1.82, 2.24) is 0 Å². The summed E-state index contributed by atoms with van der Waals surface area (Å²) in [5, 5.41) is 0. The van der Waals surface area contributed by atoms with E-state index in [1.807, 2.05) is 30.3 Å². The first kappa shape index (κ1) is 18.4. The lowest BCUT2D eigenvalue weighted by Gasteiger charge is -2.15. The summed E-state index contributed by atoms with van der Waals surface area (Å²) >= 11 is 0. The first-order chi connectivity index (χ1) is 11.7. The Balaban J connectivity index is 2.20. The molecular formula is C21H28O3. The molecule has 1 aliphatic rings. The van der Waals surface area contributed by atoms with Crippen molar-refractivity contribution in [1.29, 1.82) is 0 Å². The van der Waals surface area contributed by atoms with Gasteiger partial charge in [0, 0.05) is 12.0 Å². The molecule has 0 heterocycles. The quantitative estimate of drug-likeness (QED) is 0.573. The molecule has 0 saturated carbocycles. The van der Waals surface area contributed by atoms with Gasteiger partial charge in [-0.2, -0.15) is 0 Å². The normalized spacial score (nSPS) is 20.0. The fourth-order valence-corrected chi connectivity index (χ4v) is 3.18. The highest BCUT2D eigenvalue weighted by atomic mass is 16.5. The molecule has 0 saturated heterocycles. The number of ether oxygens (including phenoxy) is 1. The van der Waals surface area contributed by atoms with Crippen LogP contribution in [-0.4, -0.2) is 18.4 Å². The van der Waals surface area contributed by atoms with E-state index < -0.39 is 0 Å². The van der Waals surface area contributed by atoms with Crippen LogP contribution in [0.3, 0.4) is 0 Å². The molecular weight excluding hydrogens is 300 g/mol. The third kappa shape index (κ3) is 5.63. The summed E-state index contributed by atoms with van der Waals surface area (Å²) < 4.78 is 5.16. The van der Waals surface area contributed by atoms with Crippen LogP contribution in [0.15, 0.2) is 36.4 Å². The van der Waals surface area contributed by atoms with Crippen molar-refractivity contribution in [3.63, 3.8) is 0 Å². The third-order valence-corrected chi connectivity index (χ3v) is 4.52. The van der Waals surface area contributed by atoms with Gasteiger partial charge in [-0.3, -0.25) is 9.59 Å². The Kier molecular flexibility index (Phi) is 7.73. The molecule has 1 aliphatic carbocycles. The zero-order chi connectivity index (χ0) is 17.2. The molecule has 0 N–H and O–H groups in total. The lowest BCUT2D eigenvalue weighted by molar-refractivity contribution is -0.147. The first-order valence-corrected chi connectivity index (χ1v) is 9.15. The molecule has 3 heteroatoms. The average Bonchev–Trinajstić information content (AvgIpc) is 2.59. The average molecular weight is 328 g/mol. The number of hydrogen-bond donors (Lipinski definition) is 0. The Labute approximate surface area is 145 Å². The van der Waals surface area contributed by atoms with E-state index in [2.05, 4.69) is 6.08 Å². The number of Topliss-reactive ketones (excluding diaryl/α,β-unsaturated/α-hetero) is 1. The zero-order valence-corrected chi connectivity index (χ0v) is 14.6. The van der Waals surface area contributed by atoms with Gasteiger partial charge in [-0.25, -0.2) is 0 Å². The van der Waals surface area contributed by atoms with Gasteiger partial charge in [0.05, 0.1) is 12.5 Å². The number of carbonyl (C=O) groups excluding carboxylic acids is 2. The molecule has 0 bridgehead atoms. The Morgan fingerprint density at radius 1 is 1.12 bits per heavy atom. The molecule has 0 amide bonds. The maximum absolute atomic E-state index is 12.8. The van der Waals surface area contributed by atoms with E-state index in [-0.39, 0.29) is 24.1 Å². The van der Waals surface area contributed by atoms with Crippen LogP contribution in [0, 0.1) is 5.92 Å². The van der Waals surface area contributed by atoms with Gasteiger partial charge >= 0.3 is 5.97 Å². The van der Waals surface area contributed by atoms with Crippen molar-refractivity contribution in [2.75, 3.05) is 6.61 Å². The maximum Gasteiger partial charge on any atom is 0.309 e. The molecule has 2 rings (SSSR count). The number of allylic oxidation sites excluding steroid dienone is 2. The SMILES string of the molecule is CCOC(=O)[C@@H]1CC=CCCCCCCc2ccccc2C(=O)C1. The van der Waals surface area contributed by atoms with E-state index in [1.54, 1.807) is 6.92 Å². The van der Waals surface area contributed by atoms with Crippen molar-refractivity contribution in [3.8, 4) is 0 Å². The molecule has 0 fully saturated rings. The van der Waals surface area contributed by atoms with Crippen LogP contribution in [0.2, 0.25) is 0 Å². The van der Waals surface area contributed by atoms with Crippen LogP contribution in [0.5, 0.6) is 0 Å². The minimum Gasteiger partial charge on any atom is -0.466 e. The molecule has 0 unspecified atom stereocenters. The lowest BCUT2D eigenvalue weighted by Crippen LogP contribution is -2.21. The van der Waals surface area contributed by atoms with Gasteiger partial charge in [-0.15, -0.1) is 0 Å². The Morgan fingerprint density at radius 2 is 1.92 bits per heavy atom. The number of hydrogen-bond acceptors (Lipinski definition) is 3. The molecule has 0 aliphatic heterocycles. The molecule has 24 heavy (non-hydrogen) atoms. The molecule has 3 nitrogen and oxygen atoms in total. The van der Waals surface area contributed by atoms with E-state index in [0.29, 0.717) is 13.0 Å². The second kappa shape index (κ2) is 10.1. The van der Waals surface area contributed by atoms with Crippen molar-refractivity contribution in [3.05, 3.63) is 47.5 Å². The lowest BCUT2D eigenvalue weighted by atomic mass is 9.91. The van der Waals surface area contributed by atoms with E-state index in [0.717, 1.165) is 30.4 Å². The highest BCUT2D eigenvalue weighted by Crippen LogP contribution is 2.21. The van der Waals surface area contributed by atoms with Crippen LogP contribution >= 0.6 is 0 Å². The van der Waals surface area contributed by atoms with Crippen LogP contribution in [0.4, 0.5) is 0 Å². The molecule has 1 atom stereocenters. The number of fused-ring (bicyclic) bond motifs is 1. The number of carbonyl (C=O) groups is 2. The van der Waals surface area contributed by atoms with Gasteiger partial charge in [-0.05, 0) is 44.6 Å². The molecule has 0 aromatic heterocycles. The van der Waals surface area contributed by atoms with E-state index >= 15 is 0 Å². The largest absolute Gasteiger partial charge is 0.466 e. The molecule has 1 aromatic carbocycles. The minimum absolute atomic E-state index is 0.0501. The van der Waals surface area contributed by atoms with Gasteiger partial charge in [0.25, 0.3) is 0 Å². The summed E-state index contributed by atoms with van der Waals surface area (Å²) in [4.78, 5) is 24.9. The van der Waals surface area contributed by atoms with Crippen LogP contribution in [0.1, 0.15) is 67.8 Å². The highest BCUT2D eigenvalue weighted by molar-refractivity contribution is 5.99. The van der Waals surface area contributed by atoms with Crippen molar-refractivity contribution < 1.29 is 14.3 Å². The summed E-state index contributed by atoms with van der Waals surface area (Å²) in [6.07, 6.45) is 11.6. The second-order valence-corrected chi connectivity index (χ2v) is 6.39. The highest BCUT2D eigenvalue weighted by Gasteiger charge is 2.23. The topological polar surface area (TPSA) is 43.4 Å².